The number of halogens is 2. The van der Waals surface area contributed by atoms with E-state index in [4.69, 9.17) is 0 Å². The number of hydrogen-bond acceptors (Lipinski definition) is 8. The van der Waals surface area contributed by atoms with Crippen LogP contribution in [0.5, 0.6) is 0 Å². The summed E-state index contributed by atoms with van der Waals surface area (Å²) in [6.07, 6.45) is 0.425. The molecule has 2 aliphatic rings. The van der Waals surface area contributed by atoms with E-state index in [1.54, 1.807) is 22.7 Å². The number of hydrogen-bond donors (Lipinski definition) is 1. The van der Waals surface area contributed by atoms with Crippen molar-refractivity contribution < 1.29 is 22.0 Å². The van der Waals surface area contributed by atoms with Gasteiger partial charge in [-0.15, -0.1) is 10.2 Å². The van der Waals surface area contributed by atoms with E-state index in [1.165, 1.54) is 6.07 Å². The van der Waals surface area contributed by atoms with Crippen molar-refractivity contribution in [2.24, 2.45) is 13.0 Å². The highest BCUT2D eigenvalue weighted by atomic mass is 32.2. The summed E-state index contributed by atoms with van der Waals surface area (Å²) in [7, 11) is -2.42. The number of fused-ring (bicyclic) bond motifs is 1. The second-order valence-electron chi connectivity index (χ2n) is 9.80. The van der Waals surface area contributed by atoms with E-state index >= 15 is 0 Å². The summed E-state index contributed by atoms with van der Waals surface area (Å²) in [5.41, 5.74) is 1.14. The van der Waals surface area contributed by atoms with Gasteiger partial charge in [-0.1, -0.05) is 31.3 Å². The molecule has 2 aromatic heterocycles. The van der Waals surface area contributed by atoms with Crippen molar-refractivity contribution in [3.05, 3.63) is 28.8 Å². The van der Waals surface area contributed by atoms with E-state index in [-0.39, 0.29) is 27.4 Å². The maximum atomic E-state index is 13.4. The zero-order valence-corrected chi connectivity index (χ0v) is 22.5. The Kier molecular flexibility index (Phi) is 6.57. The number of benzene rings is 1. The molecule has 0 unspecified atom stereocenters. The molecule has 5 rings (SSSR count). The van der Waals surface area contributed by atoms with Gasteiger partial charge in [0, 0.05) is 37.0 Å². The molecule has 14 heteroatoms. The van der Waals surface area contributed by atoms with Crippen molar-refractivity contribution in [1.82, 2.24) is 29.6 Å². The van der Waals surface area contributed by atoms with E-state index < -0.39 is 27.0 Å². The Morgan fingerprint density at radius 2 is 2.00 bits per heavy atom. The number of nitrogens with one attached hydrogen (secondary N) is 1. The van der Waals surface area contributed by atoms with E-state index in [0.29, 0.717) is 60.2 Å². The number of carbonyl (C=O) groups is 1. The van der Waals surface area contributed by atoms with E-state index in [1.807, 2.05) is 26.0 Å². The van der Waals surface area contributed by atoms with Crippen LogP contribution in [-0.4, -0.2) is 57.8 Å². The summed E-state index contributed by atoms with van der Waals surface area (Å²) in [6, 6.07) is 5.00. The number of amides is 1. The van der Waals surface area contributed by atoms with Gasteiger partial charge in [0.05, 0.1) is 16.5 Å². The Hall–Kier alpha value is -3.28. The molecule has 1 saturated carbocycles. The first kappa shape index (κ1) is 26.3. The van der Waals surface area contributed by atoms with Gasteiger partial charge in [0.25, 0.3) is 6.43 Å². The normalized spacial score (nSPS) is 17.2. The van der Waals surface area contributed by atoms with Gasteiger partial charge in [0.1, 0.15) is 11.2 Å². The summed E-state index contributed by atoms with van der Waals surface area (Å²) in [4.78, 5) is 14.1. The lowest BCUT2D eigenvalue weighted by Gasteiger charge is -2.28. The van der Waals surface area contributed by atoms with Crippen LogP contribution in [0, 0.1) is 17.2 Å². The molecule has 3 heterocycles. The number of aromatic nitrogens is 4. The zero-order chi connectivity index (χ0) is 27.4. The second kappa shape index (κ2) is 9.48. The lowest BCUT2D eigenvalue weighted by molar-refractivity contribution is -0.134. The lowest BCUT2D eigenvalue weighted by Crippen LogP contribution is -2.37. The lowest BCUT2D eigenvalue weighted by atomic mass is 9.96. The molecule has 0 bridgehead atoms. The molecule has 10 nitrogen and oxygen atoms in total. The molecule has 1 N–H and O–H groups in total. The fraction of sp³-hybridized carbons (Fsp3) is 0.458. The topological polar surface area (TPSA) is 134 Å². The highest BCUT2D eigenvalue weighted by molar-refractivity contribution is 7.89. The van der Waals surface area contributed by atoms with Crippen LogP contribution >= 0.6 is 11.3 Å². The second-order valence-corrected chi connectivity index (χ2v) is 12.5. The highest BCUT2D eigenvalue weighted by Crippen LogP contribution is 2.40. The van der Waals surface area contributed by atoms with E-state index in [0.717, 1.165) is 5.57 Å². The molecular formula is C24H25F2N7O3S2. The van der Waals surface area contributed by atoms with Crippen molar-refractivity contribution in [3.8, 4) is 16.8 Å². The smallest absolute Gasteiger partial charge is 0.291 e. The fourth-order valence-corrected chi connectivity index (χ4v) is 6.65. The van der Waals surface area contributed by atoms with Gasteiger partial charge < -0.3 is 4.90 Å². The summed E-state index contributed by atoms with van der Waals surface area (Å²) in [5.74, 6) is -0.109. The van der Waals surface area contributed by atoms with Gasteiger partial charge in [-0.05, 0) is 37.0 Å². The number of rotatable bonds is 7. The molecule has 1 aliphatic heterocycles. The fourth-order valence-electron chi connectivity index (χ4n) is 4.52. The summed E-state index contributed by atoms with van der Waals surface area (Å²) >= 11 is 0.692. The van der Waals surface area contributed by atoms with Crippen LogP contribution in [0.4, 0.5) is 8.78 Å². The molecular weight excluding hydrogens is 536 g/mol. The molecule has 38 heavy (non-hydrogen) atoms. The average Bonchev–Trinajstić information content (AvgIpc) is 3.31. The maximum Gasteiger partial charge on any atom is 0.291 e. The Morgan fingerprint density at radius 1 is 1.26 bits per heavy atom. The van der Waals surface area contributed by atoms with Crippen LogP contribution in [0.2, 0.25) is 0 Å². The van der Waals surface area contributed by atoms with Crippen LogP contribution in [0.1, 0.15) is 50.1 Å². The van der Waals surface area contributed by atoms with Gasteiger partial charge in [0.2, 0.25) is 15.9 Å². The first-order valence-corrected chi connectivity index (χ1v) is 14.3. The third-order valence-electron chi connectivity index (χ3n) is 6.71. The average molecular weight is 562 g/mol. The van der Waals surface area contributed by atoms with Gasteiger partial charge in [-0.25, -0.2) is 17.2 Å². The van der Waals surface area contributed by atoms with Crippen molar-refractivity contribution in [2.45, 2.75) is 50.0 Å². The number of aryl methyl sites for hydroxylation is 1. The van der Waals surface area contributed by atoms with Crippen molar-refractivity contribution in [1.29, 1.82) is 5.26 Å². The third-order valence-corrected chi connectivity index (χ3v) is 9.16. The minimum Gasteiger partial charge on any atom is -0.338 e. The molecule has 1 aliphatic carbocycles. The first-order chi connectivity index (χ1) is 17.9. The molecule has 1 amide bonds. The maximum absolute atomic E-state index is 13.4. The minimum atomic E-state index is -4.11. The van der Waals surface area contributed by atoms with Gasteiger partial charge >= 0.3 is 0 Å². The summed E-state index contributed by atoms with van der Waals surface area (Å²) in [5, 5.41) is 21.5. The van der Waals surface area contributed by atoms with Crippen LogP contribution < -0.4 is 4.72 Å². The molecule has 3 aromatic rings. The number of nitrogens with zero attached hydrogens (tertiary/aromatic N) is 6. The Balaban J connectivity index is 1.67. The Morgan fingerprint density at radius 3 is 2.55 bits per heavy atom. The van der Waals surface area contributed by atoms with Crippen molar-refractivity contribution in [2.75, 3.05) is 13.1 Å². The van der Waals surface area contributed by atoms with Crippen LogP contribution in [0.3, 0.4) is 0 Å². The number of nitriles is 1. The van der Waals surface area contributed by atoms with E-state index in [2.05, 4.69) is 20.0 Å². The SMILES string of the molecule is CC(C)C(=O)N1CC=C(c2cc(S(=O)(=O)NC3(C#N)CC3)cc3c(-c4nnc(C(F)F)s4)nn(C)c23)CC1. The minimum absolute atomic E-state index is 0.0335. The largest absolute Gasteiger partial charge is 0.338 e. The standard InChI is InChI=1S/C24H25F2N7O3S2/c1-13(2)23(34)33-8-4-14(5-9-33)16-10-15(38(35,36)31-24(12-27)6-7-24)11-17-18(30-32(3)19(16)17)21-28-29-22(37-21)20(25)26/h4,10-11,13,20,31H,5-9H2,1-3H3. The van der Waals surface area contributed by atoms with Crippen molar-refractivity contribution >= 4 is 43.7 Å². The molecule has 0 spiro atoms. The van der Waals surface area contributed by atoms with Crippen LogP contribution in [0.15, 0.2) is 23.1 Å². The van der Waals surface area contributed by atoms with Crippen LogP contribution in [-0.2, 0) is 21.9 Å². The Bertz CT molecular complexity index is 1620. The molecule has 200 valence electrons. The number of sulfonamides is 1. The predicted octanol–water partition coefficient (Wildman–Crippen LogP) is 3.64. The van der Waals surface area contributed by atoms with Crippen molar-refractivity contribution in [3.63, 3.8) is 0 Å². The first-order valence-electron chi connectivity index (χ1n) is 12.0. The molecule has 0 atom stereocenters. The molecule has 0 saturated heterocycles. The quantitative estimate of drug-likeness (QED) is 0.466. The van der Waals surface area contributed by atoms with E-state index in [9.17, 15) is 27.3 Å². The summed E-state index contributed by atoms with van der Waals surface area (Å²) < 4.78 is 57.3. The highest BCUT2D eigenvalue weighted by Gasteiger charge is 2.47. The molecule has 0 radical (unpaired) electrons. The number of carbonyl (C=O) groups excluding carboxylic acids is 1. The zero-order valence-electron chi connectivity index (χ0n) is 20.9. The van der Waals surface area contributed by atoms with Gasteiger partial charge in [0.15, 0.2) is 10.0 Å². The predicted molar refractivity (Wildman–Crippen MR) is 136 cm³/mol. The Labute approximate surface area is 222 Å². The molecule has 1 fully saturated rings. The van der Waals surface area contributed by atoms with Crippen LogP contribution in [0.25, 0.3) is 27.2 Å². The monoisotopic (exact) mass is 561 g/mol. The van der Waals surface area contributed by atoms with Gasteiger partial charge in [-0.2, -0.15) is 15.1 Å². The third kappa shape index (κ3) is 4.70. The number of alkyl halides is 2. The van der Waals surface area contributed by atoms with Gasteiger partial charge in [-0.3, -0.25) is 9.48 Å². The summed E-state index contributed by atoms with van der Waals surface area (Å²) in [6.45, 7) is 4.52. The molecule has 1 aromatic carbocycles.